The van der Waals surface area contributed by atoms with Gasteiger partial charge in [0, 0.05) is 35.9 Å². The predicted octanol–water partition coefficient (Wildman–Crippen LogP) is 1.68. The Bertz CT molecular complexity index is 627. The van der Waals surface area contributed by atoms with Crippen LogP contribution in [0.2, 0.25) is 0 Å². The van der Waals surface area contributed by atoms with Crippen LogP contribution in [-0.2, 0) is 19.5 Å². The molecule has 0 radical (unpaired) electrons. The number of hydrogen-bond donors (Lipinski definition) is 2. The molecule has 0 saturated carbocycles. The van der Waals surface area contributed by atoms with Crippen molar-refractivity contribution in [1.29, 1.82) is 0 Å². The number of pyridine rings is 2. The Balaban J connectivity index is -0.000000287. The van der Waals surface area contributed by atoms with E-state index in [9.17, 15) is 9.59 Å². The molecule has 2 aromatic heterocycles. The molecule has 0 bridgehead atoms. The molecule has 0 saturated heterocycles. The molecule has 2 rings (SSSR count). The number of nitrogens with two attached hydrogens (primary N) is 2. The van der Waals surface area contributed by atoms with Gasteiger partial charge in [0.25, 0.3) is 0 Å². The molecule has 2 amide bonds. The number of primary amides is 2. The molecule has 0 spiro atoms. The van der Waals surface area contributed by atoms with Crippen molar-refractivity contribution in [3.8, 4) is 0 Å². The average Bonchev–Trinajstić information content (AvgIpc) is 2.58. The van der Waals surface area contributed by atoms with Gasteiger partial charge in [-0.15, -0.1) is 0 Å². The monoisotopic (exact) mass is 424 g/mol. The van der Waals surface area contributed by atoms with Gasteiger partial charge in [0.05, 0.1) is 0 Å². The summed E-state index contributed by atoms with van der Waals surface area (Å²) in [5.41, 5.74) is 10.9. The fourth-order valence-electron chi connectivity index (χ4n) is 1.03. The van der Waals surface area contributed by atoms with E-state index in [0.717, 1.165) is 0 Å². The van der Waals surface area contributed by atoms with Crippen LogP contribution < -0.4 is 11.5 Å². The van der Waals surface area contributed by atoms with Crippen LogP contribution in [0.3, 0.4) is 0 Å². The molecule has 11 heteroatoms. The van der Waals surface area contributed by atoms with Crippen LogP contribution >= 0.6 is 24.4 Å². The summed E-state index contributed by atoms with van der Waals surface area (Å²) in [6.07, 6.45) is 6.11. The van der Waals surface area contributed by atoms with E-state index in [4.69, 9.17) is 22.3 Å². The molecule has 0 fully saturated rings. The summed E-state index contributed by atoms with van der Waals surface area (Å²) in [5.74, 6) is -0.838. The molecule has 25 heavy (non-hydrogen) atoms. The summed E-state index contributed by atoms with van der Waals surface area (Å²) in [6, 6.07) is 6.29. The van der Waals surface area contributed by atoms with Crippen LogP contribution in [0.5, 0.6) is 0 Å². The number of nitrogens with zero attached hydrogens (tertiary/aromatic N) is 4. The first-order chi connectivity index (χ1) is 11.4. The van der Waals surface area contributed by atoms with E-state index in [1.165, 1.54) is 35.1 Å². The maximum absolute atomic E-state index is 10.4. The van der Waals surface area contributed by atoms with Crippen molar-refractivity contribution in [3.05, 3.63) is 71.0 Å². The Morgan fingerprint density at radius 2 is 1.00 bits per heavy atom. The zero-order chi connectivity index (χ0) is 18.8. The first-order valence-corrected chi connectivity index (χ1v) is 6.68. The predicted molar refractivity (Wildman–Crippen MR) is 97.4 cm³/mol. The van der Waals surface area contributed by atoms with Crippen LogP contribution in [0.25, 0.3) is 10.8 Å². The summed E-state index contributed by atoms with van der Waals surface area (Å²) < 4.78 is 0. The molecule has 0 aliphatic rings. The third-order valence-electron chi connectivity index (χ3n) is 1.93. The molecule has 8 nitrogen and oxygen atoms in total. The van der Waals surface area contributed by atoms with Gasteiger partial charge in [-0.2, -0.15) is 10.3 Å². The van der Waals surface area contributed by atoms with Crippen LogP contribution in [0.4, 0.5) is 0 Å². The van der Waals surface area contributed by atoms with Crippen LogP contribution in [0.1, 0.15) is 20.7 Å². The second-order valence-corrected chi connectivity index (χ2v) is 3.75. The molecule has 0 aliphatic carbocycles. The van der Waals surface area contributed by atoms with Crippen LogP contribution in [-0.4, -0.2) is 32.1 Å². The maximum atomic E-state index is 10.4. The minimum Gasteiger partial charge on any atom is -0.753 e. The summed E-state index contributed by atoms with van der Waals surface area (Å²) in [5, 5.41) is 16.9. The van der Waals surface area contributed by atoms with Crippen molar-refractivity contribution in [3.63, 3.8) is 0 Å². The Morgan fingerprint density at radius 1 is 0.800 bits per heavy atom. The van der Waals surface area contributed by atoms with Gasteiger partial charge in [0.2, 0.25) is 11.8 Å². The van der Waals surface area contributed by atoms with E-state index in [2.05, 4.69) is 34.4 Å². The summed E-state index contributed by atoms with van der Waals surface area (Å²) >= 11 is 7.40. The van der Waals surface area contributed by atoms with Gasteiger partial charge in [0.15, 0.2) is 0 Å². The molecule has 2 heterocycles. The number of carbonyl (C=O) groups excluding carboxylic acids is 2. The fourth-order valence-corrected chi connectivity index (χ4v) is 1.03. The van der Waals surface area contributed by atoms with Gasteiger partial charge in [0.1, 0.15) is 0 Å². The van der Waals surface area contributed by atoms with E-state index in [1.54, 1.807) is 24.3 Å². The van der Waals surface area contributed by atoms with E-state index < -0.39 is 11.8 Å². The summed E-state index contributed by atoms with van der Waals surface area (Å²) in [7, 11) is 0. The molecule has 0 aromatic carbocycles. The molecule has 4 N–H and O–H groups in total. The summed E-state index contributed by atoms with van der Waals surface area (Å²) in [4.78, 5) is 28.2. The van der Waals surface area contributed by atoms with Gasteiger partial charge in [-0.25, -0.2) is 0 Å². The van der Waals surface area contributed by atoms with Gasteiger partial charge in [-0.05, 0) is 24.3 Å². The SMILES string of the molecule is NC(=O)c1ccncc1.NC(=O)c1ccncc1.[N-]=C=S.[N-]=C=S.[Zn+2]. The first kappa shape index (κ1) is 27.3. The quantitative estimate of drug-likeness (QED) is 0.423. The molecule has 124 valence electrons. The number of thiocarbonyl (C=S) groups is 2. The van der Waals surface area contributed by atoms with Crippen molar-refractivity contribution in [2.75, 3.05) is 0 Å². The third-order valence-corrected chi connectivity index (χ3v) is 1.93. The minimum absolute atomic E-state index is 0. The fraction of sp³-hybridized carbons (Fsp3) is 0. The smallest absolute Gasteiger partial charge is 0.753 e. The Morgan fingerprint density at radius 3 is 1.12 bits per heavy atom. The Hall–Kier alpha value is -2.54. The van der Waals surface area contributed by atoms with Crippen molar-refractivity contribution >= 4 is 46.6 Å². The summed E-state index contributed by atoms with van der Waals surface area (Å²) in [6.45, 7) is 0. The van der Waals surface area contributed by atoms with Crippen LogP contribution in [0, 0.1) is 0 Å². The second kappa shape index (κ2) is 19.5. The largest absolute Gasteiger partial charge is 2.00 e. The Kier molecular flexibility index (Phi) is 21.3. The van der Waals surface area contributed by atoms with Gasteiger partial charge in [-0.1, -0.05) is 24.4 Å². The van der Waals surface area contributed by atoms with E-state index in [1.807, 2.05) is 0 Å². The van der Waals surface area contributed by atoms with Crippen molar-refractivity contribution in [2.45, 2.75) is 0 Å². The first-order valence-electron chi connectivity index (χ1n) is 5.86. The van der Waals surface area contributed by atoms with Gasteiger partial charge in [-0.3, -0.25) is 19.6 Å². The number of aromatic nitrogens is 2. The minimum atomic E-state index is -0.419. The zero-order valence-corrected chi connectivity index (χ0v) is 17.5. The van der Waals surface area contributed by atoms with Crippen molar-refractivity contribution in [1.82, 2.24) is 9.97 Å². The normalized spacial score (nSPS) is 7.04. The van der Waals surface area contributed by atoms with Crippen molar-refractivity contribution in [2.24, 2.45) is 11.5 Å². The average molecular weight is 426 g/mol. The third kappa shape index (κ3) is 17.6. The van der Waals surface area contributed by atoms with E-state index >= 15 is 0 Å². The standard InChI is InChI=1S/2C6H6N2O.2CNS.Zn/c2*7-6(9)5-1-3-8-4-2-5;2*2-1-3;/h2*1-4H,(H2,7,9);;;/q;;2*-1;+2. The topological polar surface area (TPSA) is 157 Å². The van der Waals surface area contributed by atoms with E-state index in [-0.39, 0.29) is 19.5 Å². The number of hydrogen-bond acceptors (Lipinski definition) is 6. The van der Waals surface area contributed by atoms with E-state index in [0.29, 0.717) is 11.1 Å². The van der Waals surface area contributed by atoms with Gasteiger partial charge >= 0.3 is 19.5 Å². The number of rotatable bonds is 2. The number of isothiocyanates is 2. The number of amides is 2. The molecule has 0 atom stereocenters. The maximum Gasteiger partial charge on any atom is 2.00 e. The molecule has 2 aromatic rings. The van der Waals surface area contributed by atoms with Gasteiger partial charge < -0.3 is 22.3 Å². The van der Waals surface area contributed by atoms with Crippen molar-refractivity contribution < 1.29 is 29.1 Å². The molecule has 0 unspecified atom stereocenters. The molecular weight excluding hydrogens is 414 g/mol. The molecule has 0 aliphatic heterocycles. The second-order valence-electron chi connectivity index (χ2n) is 3.38. The Labute approximate surface area is 167 Å². The zero-order valence-electron chi connectivity index (χ0n) is 12.9. The molecular formula is C14H12N6O2S2Zn. The van der Waals surface area contributed by atoms with Crippen LogP contribution in [0.15, 0.2) is 49.1 Å². The number of carbonyl (C=O) groups is 2.